The van der Waals surface area contributed by atoms with Crippen LogP contribution in [0.2, 0.25) is 0 Å². The van der Waals surface area contributed by atoms with Gasteiger partial charge in [-0.3, -0.25) is 14.4 Å². The van der Waals surface area contributed by atoms with Crippen LogP contribution in [-0.4, -0.2) is 40.7 Å². The Hall–Kier alpha value is -2.68. The normalized spacial score (nSPS) is 20.0. The monoisotopic (exact) mass is 455 g/mol. The van der Waals surface area contributed by atoms with Gasteiger partial charge in [0, 0.05) is 41.7 Å². The summed E-state index contributed by atoms with van der Waals surface area (Å²) in [5.41, 5.74) is 8.21. The van der Waals surface area contributed by atoms with Gasteiger partial charge in [0.15, 0.2) is 5.69 Å². The number of nitrogens with two attached hydrogens (primary N) is 1. The summed E-state index contributed by atoms with van der Waals surface area (Å²) in [7, 11) is 1.55. The number of aryl methyl sites for hydroxylation is 1. The zero-order valence-electron chi connectivity index (χ0n) is 18.3. The number of rotatable bonds is 8. The molecule has 0 bridgehead atoms. The Morgan fingerprint density at radius 1 is 1.19 bits per heavy atom. The van der Waals surface area contributed by atoms with E-state index in [0.717, 1.165) is 36.1 Å². The van der Waals surface area contributed by atoms with Gasteiger partial charge < -0.3 is 20.9 Å². The first-order valence-corrected chi connectivity index (χ1v) is 12.3. The Morgan fingerprint density at radius 2 is 1.97 bits per heavy atom. The molecule has 32 heavy (non-hydrogen) atoms. The standard InChI is InChI=1S/C23H29N5O3S/c1-25-23(31)20-21(24)28(11-27-20)14-6-7-17-15(8-14)19(22(30)26-10-12-2-3-12)18(32-17)9-16(29)13-4-5-13/h11-14H,2-10,24H2,1H3,(H,25,31)(H,26,30)/t14-/m0/s1. The van der Waals surface area contributed by atoms with Crippen LogP contribution >= 0.6 is 11.3 Å². The molecular weight excluding hydrogens is 426 g/mol. The molecule has 170 valence electrons. The molecule has 3 aliphatic carbocycles. The van der Waals surface area contributed by atoms with E-state index < -0.39 is 0 Å². The average molecular weight is 456 g/mol. The number of carbonyl (C=O) groups excluding carboxylic acids is 3. The fraction of sp³-hybridized carbons (Fsp3) is 0.565. The zero-order valence-corrected chi connectivity index (χ0v) is 19.1. The third-order valence-electron chi connectivity index (χ3n) is 6.82. The topological polar surface area (TPSA) is 119 Å². The van der Waals surface area contributed by atoms with E-state index in [4.69, 9.17) is 5.73 Å². The van der Waals surface area contributed by atoms with Gasteiger partial charge in [-0.2, -0.15) is 0 Å². The molecule has 2 fully saturated rings. The highest BCUT2D eigenvalue weighted by atomic mass is 32.1. The van der Waals surface area contributed by atoms with Crippen molar-refractivity contribution in [2.45, 2.75) is 57.4 Å². The minimum atomic E-state index is -0.311. The van der Waals surface area contributed by atoms with Gasteiger partial charge in [-0.15, -0.1) is 11.3 Å². The molecule has 0 spiro atoms. The molecule has 0 aliphatic heterocycles. The van der Waals surface area contributed by atoms with E-state index in [1.807, 2.05) is 4.57 Å². The number of hydrogen-bond donors (Lipinski definition) is 3. The van der Waals surface area contributed by atoms with Crippen LogP contribution in [0.5, 0.6) is 0 Å². The highest BCUT2D eigenvalue weighted by Crippen LogP contribution is 2.41. The second-order valence-electron chi connectivity index (χ2n) is 9.23. The Labute approximate surface area is 191 Å². The molecule has 2 heterocycles. The molecule has 1 atom stereocenters. The molecule has 0 unspecified atom stereocenters. The van der Waals surface area contributed by atoms with E-state index in [9.17, 15) is 14.4 Å². The molecule has 0 radical (unpaired) electrons. The quantitative estimate of drug-likeness (QED) is 0.564. The van der Waals surface area contributed by atoms with Gasteiger partial charge in [0.05, 0.1) is 11.9 Å². The minimum absolute atomic E-state index is 0.0185. The molecule has 9 heteroatoms. The summed E-state index contributed by atoms with van der Waals surface area (Å²) < 4.78 is 1.85. The molecule has 4 N–H and O–H groups in total. The van der Waals surface area contributed by atoms with E-state index in [-0.39, 0.29) is 35.3 Å². The molecule has 2 aromatic rings. The number of thiophene rings is 1. The van der Waals surface area contributed by atoms with Crippen LogP contribution in [0.25, 0.3) is 0 Å². The maximum Gasteiger partial charge on any atom is 0.273 e. The molecule has 2 amide bonds. The van der Waals surface area contributed by atoms with Gasteiger partial charge >= 0.3 is 0 Å². The molecule has 8 nitrogen and oxygen atoms in total. The summed E-state index contributed by atoms with van der Waals surface area (Å²) >= 11 is 1.63. The van der Waals surface area contributed by atoms with Crippen molar-refractivity contribution in [3.8, 4) is 0 Å². The summed E-state index contributed by atoms with van der Waals surface area (Å²) in [6.45, 7) is 0.701. The average Bonchev–Trinajstić information content (AvgIpc) is 3.71. The number of ketones is 1. The van der Waals surface area contributed by atoms with E-state index >= 15 is 0 Å². The second-order valence-corrected chi connectivity index (χ2v) is 10.4. The Morgan fingerprint density at radius 3 is 2.66 bits per heavy atom. The Balaban J connectivity index is 1.43. The number of hydrogen-bond acceptors (Lipinski definition) is 6. The lowest BCUT2D eigenvalue weighted by molar-refractivity contribution is -0.119. The van der Waals surface area contributed by atoms with Crippen LogP contribution in [0.1, 0.15) is 74.3 Å². The van der Waals surface area contributed by atoms with Crippen molar-refractivity contribution in [2.75, 3.05) is 19.3 Å². The number of Topliss-reactive ketones (excluding diaryl/α,β-unsaturated/α-hetero) is 1. The smallest absolute Gasteiger partial charge is 0.273 e. The van der Waals surface area contributed by atoms with Gasteiger partial charge in [-0.25, -0.2) is 4.98 Å². The number of nitrogens with one attached hydrogen (secondary N) is 2. The fourth-order valence-corrected chi connectivity index (χ4v) is 5.92. The van der Waals surface area contributed by atoms with Crippen LogP contribution in [-0.2, 0) is 24.1 Å². The van der Waals surface area contributed by atoms with Gasteiger partial charge in [0.1, 0.15) is 11.6 Å². The number of amides is 2. The number of nitrogen functional groups attached to an aromatic ring is 1. The van der Waals surface area contributed by atoms with E-state index in [1.165, 1.54) is 17.7 Å². The Bertz CT molecular complexity index is 1080. The van der Waals surface area contributed by atoms with Crippen molar-refractivity contribution in [1.82, 2.24) is 20.2 Å². The van der Waals surface area contributed by atoms with Gasteiger partial charge in [0.2, 0.25) is 0 Å². The fourth-order valence-electron chi connectivity index (χ4n) is 4.56. The van der Waals surface area contributed by atoms with E-state index in [2.05, 4.69) is 15.6 Å². The third-order valence-corrected chi connectivity index (χ3v) is 8.11. The molecule has 2 saturated carbocycles. The summed E-state index contributed by atoms with van der Waals surface area (Å²) in [6.07, 6.45) is 8.57. The number of imidazole rings is 1. The van der Waals surface area contributed by atoms with Crippen molar-refractivity contribution >= 4 is 34.8 Å². The molecular formula is C23H29N5O3S. The van der Waals surface area contributed by atoms with Crippen LogP contribution < -0.4 is 16.4 Å². The molecule has 5 rings (SSSR count). The summed E-state index contributed by atoms with van der Waals surface area (Å²) in [5.74, 6) is 1.000. The second kappa shape index (κ2) is 8.35. The van der Waals surface area contributed by atoms with Crippen molar-refractivity contribution in [2.24, 2.45) is 11.8 Å². The minimum Gasteiger partial charge on any atom is -0.383 e. The number of anilines is 1. The number of carbonyl (C=O) groups is 3. The lowest BCUT2D eigenvalue weighted by atomic mass is 9.89. The third kappa shape index (κ3) is 4.05. The first-order valence-electron chi connectivity index (χ1n) is 11.4. The largest absolute Gasteiger partial charge is 0.383 e. The van der Waals surface area contributed by atoms with Crippen LogP contribution in [0.15, 0.2) is 6.33 Å². The van der Waals surface area contributed by atoms with Crippen LogP contribution in [0.4, 0.5) is 5.82 Å². The first kappa shape index (κ1) is 21.2. The summed E-state index contributed by atoms with van der Waals surface area (Å²) in [4.78, 5) is 44.1. The highest BCUT2D eigenvalue weighted by molar-refractivity contribution is 7.12. The summed E-state index contributed by atoms with van der Waals surface area (Å²) in [6, 6.07) is 0.0185. The van der Waals surface area contributed by atoms with Crippen molar-refractivity contribution in [3.63, 3.8) is 0 Å². The van der Waals surface area contributed by atoms with Gasteiger partial charge in [-0.05, 0) is 56.4 Å². The summed E-state index contributed by atoms with van der Waals surface area (Å²) in [5, 5.41) is 5.67. The van der Waals surface area contributed by atoms with Crippen molar-refractivity contribution in [3.05, 3.63) is 32.9 Å². The maximum absolute atomic E-state index is 13.2. The molecule has 0 aromatic carbocycles. The Kier molecular flexibility index (Phi) is 5.53. The van der Waals surface area contributed by atoms with Crippen molar-refractivity contribution < 1.29 is 14.4 Å². The van der Waals surface area contributed by atoms with E-state index in [1.54, 1.807) is 24.7 Å². The first-order chi connectivity index (χ1) is 15.5. The molecule has 3 aliphatic rings. The predicted molar refractivity (Wildman–Crippen MR) is 122 cm³/mol. The van der Waals surface area contributed by atoms with Gasteiger partial charge in [0.25, 0.3) is 11.8 Å². The maximum atomic E-state index is 13.2. The van der Waals surface area contributed by atoms with Gasteiger partial charge in [-0.1, -0.05) is 0 Å². The van der Waals surface area contributed by atoms with E-state index in [0.29, 0.717) is 36.7 Å². The lowest BCUT2D eigenvalue weighted by Crippen LogP contribution is -2.28. The lowest BCUT2D eigenvalue weighted by Gasteiger charge is -2.25. The van der Waals surface area contributed by atoms with Crippen LogP contribution in [0.3, 0.4) is 0 Å². The van der Waals surface area contributed by atoms with Crippen molar-refractivity contribution in [1.29, 1.82) is 0 Å². The van der Waals surface area contributed by atoms with Crippen LogP contribution in [0, 0.1) is 11.8 Å². The SMILES string of the molecule is CNC(=O)c1ncn([C@H]2CCc3sc(CC(=O)C4CC4)c(C(=O)NCC4CC4)c3C2)c1N. The molecule has 0 saturated heterocycles. The predicted octanol–water partition coefficient (Wildman–Crippen LogP) is 2.28. The zero-order chi connectivity index (χ0) is 22.4. The molecule has 2 aromatic heterocycles. The number of nitrogens with zero attached hydrogens (tertiary/aromatic N) is 2. The highest BCUT2D eigenvalue weighted by Gasteiger charge is 2.35. The number of fused-ring (bicyclic) bond motifs is 1. The number of aromatic nitrogens is 2.